The summed E-state index contributed by atoms with van der Waals surface area (Å²) in [6, 6.07) is 7.69. The summed E-state index contributed by atoms with van der Waals surface area (Å²) in [5, 5.41) is 9.96. The summed E-state index contributed by atoms with van der Waals surface area (Å²) >= 11 is 13.8. The van der Waals surface area contributed by atoms with Crippen LogP contribution in [-0.2, 0) is 10.2 Å². The molecule has 0 atom stereocenters. The fraction of sp³-hybridized carbons (Fsp3) is 0.316. The summed E-state index contributed by atoms with van der Waals surface area (Å²) in [5.74, 6) is 0.139. The Morgan fingerprint density at radius 2 is 1.31 bits per heavy atom. The quantitative estimate of drug-likeness (QED) is 0.290. The van der Waals surface area contributed by atoms with Crippen molar-refractivity contribution in [1.82, 2.24) is 0 Å². The summed E-state index contributed by atoms with van der Waals surface area (Å²) in [7, 11) is 0. The van der Waals surface area contributed by atoms with Gasteiger partial charge in [0.05, 0.1) is 23.8 Å². The number of aromatic hydroxyl groups is 1. The largest absolute Gasteiger partial charge is 0.506 e. The zero-order valence-electron chi connectivity index (χ0n) is 14.7. The van der Waals surface area contributed by atoms with Gasteiger partial charge in [0.1, 0.15) is 5.75 Å². The van der Waals surface area contributed by atoms with Gasteiger partial charge in [0.25, 0.3) is 0 Å². The first-order chi connectivity index (χ1) is 11.9. The highest BCUT2D eigenvalue weighted by atomic mass is 79.9. The van der Waals surface area contributed by atoms with Crippen LogP contribution in [0, 0.1) is 5.92 Å². The molecule has 26 heavy (non-hydrogen) atoms. The van der Waals surface area contributed by atoms with E-state index in [-0.39, 0.29) is 23.1 Å². The van der Waals surface area contributed by atoms with Crippen molar-refractivity contribution >= 4 is 69.7 Å². The Morgan fingerprint density at radius 3 is 1.69 bits per heavy atom. The molecule has 0 amide bonds. The van der Waals surface area contributed by atoms with Crippen molar-refractivity contribution in [2.24, 2.45) is 5.92 Å². The zero-order valence-corrected chi connectivity index (χ0v) is 21.0. The summed E-state index contributed by atoms with van der Waals surface area (Å²) in [4.78, 5) is 11.9. The monoisotopic (exact) mass is 610 g/mol. The van der Waals surface area contributed by atoms with E-state index in [1.54, 1.807) is 13.8 Å². The van der Waals surface area contributed by atoms with Gasteiger partial charge in [-0.3, -0.25) is 4.79 Å². The molecule has 0 aliphatic carbocycles. The Hall–Kier alpha value is -0.370. The lowest BCUT2D eigenvalue weighted by Gasteiger charge is -2.28. The van der Waals surface area contributed by atoms with Crippen LogP contribution in [-0.4, -0.2) is 11.1 Å². The second-order valence-corrected chi connectivity index (χ2v) is 10.2. The van der Waals surface area contributed by atoms with E-state index in [0.29, 0.717) is 23.6 Å². The van der Waals surface area contributed by atoms with Gasteiger partial charge in [-0.15, -0.1) is 0 Å². The highest BCUT2D eigenvalue weighted by Crippen LogP contribution is 2.43. The SMILES string of the molecule is CC(C)C(=O)Oc1c(Br)cc(C(C)(C)c2cc(Br)c(O)c(Br)c2)cc1Br. The first-order valence-corrected chi connectivity index (χ1v) is 11.0. The van der Waals surface area contributed by atoms with Crippen LogP contribution in [0.5, 0.6) is 11.5 Å². The maximum atomic E-state index is 11.9. The van der Waals surface area contributed by atoms with Crippen LogP contribution >= 0.6 is 63.7 Å². The number of carbonyl (C=O) groups excluding carboxylic acids is 1. The van der Waals surface area contributed by atoms with E-state index in [4.69, 9.17) is 4.74 Å². The molecule has 7 heteroatoms. The van der Waals surface area contributed by atoms with Crippen molar-refractivity contribution in [2.75, 3.05) is 0 Å². The van der Waals surface area contributed by atoms with E-state index in [1.807, 2.05) is 24.3 Å². The molecule has 2 aromatic carbocycles. The van der Waals surface area contributed by atoms with Gasteiger partial charge in [-0.25, -0.2) is 0 Å². The maximum Gasteiger partial charge on any atom is 0.313 e. The Bertz CT molecular complexity index is 814. The second-order valence-electron chi connectivity index (χ2n) is 6.76. The van der Waals surface area contributed by atoms with Crippen molar-refractivity contribution in [3.63, 3.8) is 0 Å². The molecule has 1 N–H and O–H groups in total. The molecule has 0 fully saturated rings. The second kappa shape index (κ2) is 8.33. The molecule has 0 saturated heterocycles. The minimum atomic E-state index is -0.357. The van der Waals surface area contributed by atoms with E-state index < -0.39 is 0 Å². The number of esters is 1. The van der Waals surface area contributed by atoms with Crippen LogP contribution < -0.4 is 4.74 Å². The number of hydrogen-bond donors (Lipinski definition) is 1. The lowest BCUT2D eigenvalue weighted by molar-refractivity contribution is -0.137. The standard InChI is InChI=1S/C19H18Br4O3/c1-9(2)18(25)26-17-14(22)7-11(8-15(17)23)19(3,4)10-5-12(20)16(24)13(21)6-10/h5-9,24H,1-4H3. The molecule has 0 bridgehead atoms. The highest BCUT2D eigenvalue weighted by Gasteiger charge is 2.27. The third-order valence-electron chi connectivity index (χ3n) is 4.13. The number of phenols is 1. The van der Waals surface area contributed by atoms with Gasteiger partial charge in [0.15, 0.2) is 5.75 Å². The average molecular weight is 614 g/mol. The number of carbonyl (C=O) groups is 1. The smallest absolute Gasteiger partial charge is 0.313 e. The summed E-state index contributed by atoms with van der Waals surface area (Å²) in [6.45, 7) is 7.77. The predicted molar refractivity (Wildman–Crippen MR) is 118 cm³/mol. The average Bonchev–Trinajstić information content (AvgIpc) is 2.54. The van der Waals surface area contributed by atoms with Gasteiger partial charge >= 0.3 is 5.97 Å². The van der Waals surface area contributed by atoms with Crippen LogP contribution in [0.3, 0.4) is 0 Å². The van der Waals surface area contributed by atoms with Gasteiger partial charge in [-0.05, 0) is 99.1 Å². The lowest BCUT2D eigenvalue weighted by atomic mass is 9.78. The molecule has 2 aromatic rings. The first kappa shape index (κ1) is 21.9. The van der Waals surface area contributed by atoms with Gasteiger partial charge in [0.2, 0.25) is 0 Å². The van der Waals surface area contributed by atoms with Crippen molar-refractivity contribution in [3.05, 3.63) is 53.3 Å². The molecular weight excluding hydrogens is 596 g/mol. The molecule has 0 spiro atoms. The van der Waals surface area contributed by atoms with Crippen molar-refractivity contribution in [2.45, 2.75) is 33.1 Å². The minimum absolute atomic E-state index is 0.169. The maximum absolute atomic E-state index is 11.9. The number of benzene rings is 2. The number of hydrogen-bond acceptors (Lipinski definition) is 3. The van der Waals surface area contributed by atoms with E-state index in [0.717, 1.165) is 11.1 Å². The highest BCUT2D eigenvalue weighted by molar-refractivity contribution is 9.11. The summed E-state index contributed by atoms with van der Waals surface area (Å²) in [5.41, 5.74) is 1.68. The molecule has 0 aromatic heterocycles. The summed E-state index contributed by atoms with van der Waals surface area (Å²) in [6.07, 6.45) is 0. The molecule has 0 heterocycles. The number of rotatable bonds is 4. The van der Waals surface area contributed by atoms with Crippen LogP contribution in [0.4, 0.5) is 0 Å². The van der Waals surface area contributed by atoms with Crippen LogP contribution in [0.2, 0.25) is 0 Å². The molecule has 0 radical (unpaired) electrons. The third-order valence-corrected chi connectivity index (χ3v) is 6.52. The summed E-state index contributed by atoms with van der Waals surface area (Å²) < 4.78 is 8.12. The predicted octanol–water partition coefficient (Wildman–Crippen LogP) is 7.33. The molecule has 0 unspecified atom stereocenters. The Labute approximate surface area is 187 Å². The fourth-order valence-electron chi connectivity index (χ4n) is 2.33. The first-order valence-electron chi connectivity index (χ1n) is 7.84. The lowest BCUT2D eigenvalue weighted by Crippen LogP contribution is -2.20. The number of ether oxygens (including phenoxy) is 1. The molecule has 140 valence electrons. The van der Waals surface area contributed by atoms with Gasteiger partial charge in [-0.2, -0.15) is 0 Å². The van der Waals surface area contributed by atoms with Crippen molar-refractivity contribution < 1.29 is 14.6 Å². The number of phenolic OH excluding ortho intramolecular Hbond substituents is 1. The normalized spacial score (nSPS) is 11.7. The Balaban J connectivity index is 2.50. The molecular formula is C19H18Br4O3. The fourth-order valence-corrected chi connectivity index (χ4v) is 4.86. The van der Waals surface area contributed by atoms with E-state index in [9.17, 15) is 9.90 Å². The van der Waals surface area contributed by atoms with Crippen LogP contribution in [0.1, 0.15) is 38.8 Å². The molecule has 2 rings (SSSR count). The third kappa shape index (κ3) is 4.54. The molecule has 3 nitrogen and oxygen atoms in total. The zero-order chi connectivity index (χ0) is 19.8. The van der Waals surface area contributed by atoms with Gasteiger partial charge in [0, 0.05) is 5.41 Å². The number of halogens is 4. The molecule has 0 aliphatic rings. The van der Waals surface area contributed by atoms with Gasteiger partial charge in [-0.1, -0.05) is 27.7 Å². The topological polar surface area (TPSA) is 46.5 Å². The van der Waals surface area contributed by atoms with E-state index in [1.165, 1.54) is 0 Å². The minimum Gasteiger partial charge on any atom is -0.506 e. The Morgan fingerprint density at radius 1 is 0.923 bits per heavy atom. The molecule has 0 aliphatic heterocycles. The van der Waals surface area contributed by atoms with Crippen LogP contribution in [0.15, 0.2) is 42.2 Å². The van der Waals surface area contributed by atoms with E-state index >= 15 is 0 Å². The molecule has 0 saturated carbocycles. The van der Waals surface area contributed by atoms with E-state index in [2.05, 4.69) is 77.6 Å². The van der Waals surface area contributed by atoms with Crippen LogP contribution in [0.25, 0.3) is 0 Å². The van der Waals surface area contributed by atoms with Crippen molar-refractivity contribution in [1.29, 1.82) is 0 Å². The van der Waals surface area contributed by atoms with Gasteiger partial charge < -0.3 is 9.84 Å². The van der Waals surface area contributed by atoms with Crippen molar-refractivity contribution in [3.8, 4) is 11.5 Å². The Kier molecular flexibility index (Phi) is 7.03.